The van der Waals surface area contributed by atoms with Crippen molar-refractivity contribution in [1.82, 2.24) is 10.2 Å². The summed E-state index contributed by atoms with van der Waals surface area (Å²) in [5.74, 6) is 0. The van der Waals surface area contributed by atoms with Crippen molar-refractivity contribution in [3.05, 3.63) is 0 Å². The molecule has 2 heterocycles. The van der Waals surface area contributed by atoms with Crippen LogP contribution in [0.15, 0.2) is 0 Å². The number of hydrogen-bond donors (Lipinski definition) is 1. The molecule has 2 aliphatic heterocycles. The van der Waals surface area contributed by atoms with Gasteiger partial charge >= 0.3 is 0 Å². The first-order chi connectivity index (χ1) is 7.58. The van der Waals surface area contributed by atoms with Crippen LogP contribution in [0.25, 0.3) is 0 Å². The Hall–Kier alpha value is -0.120. The van der Waals surface area contributed by atoms with Crippen LogP contribution in [0.4, 0.5) is 0 Å². The minimum atomic E-state index is 0.261. The predicted octanol–water partition coefficient (Wildman–Crippen LogP) is 1.63. The van der Waals surface area contributed by atoms with Gasteiger partial charge in [0.25, 0.3) is 0 Å². The highest BCUT2D eigenvalue weighted by molar-refractivity contribution is 4.90. The van der Waals surface area contributed by atoms with Gasteiger partial charge in [-0.15, -0.1) is 0 Å². The van der Waals surface area contributed by atoms with Crippen LogP contribution in [0, 0.1) is 0 Å². The predicted molar refractivity (Wildman–Crippen MR) is 66.7 cm³/mol. The van der Waals surface area contributed by atoms with Crippen LogP contribution in [0.1, 0.15) is 40.0 Å². The Bertz CT molecular complexity index is 224. The topological polar surface area (TPSA) is 24.5 Å². The summed E-state index contributed by atoms with van der Waals surface area (Å²) in [6.45, 7) is 11.3. The molecule has 0 aromatic carbocycles. The lowest BCUT2D eigenvalue weighted by Gasteiger charge is -2.38. The van der Waals surface area contributed by atoms with E-state index in [1.54, 1.807) is 0 Å². The average molecular weight is 226 g/mol. The van der Waals surface area contributed by atoms with E-state index >= 15 is 0 Å². The fourth-order valence-electron chi connectivity index (χ4n) is 2.66. The van der Waals surface area contributed by atoms with E-state index in [4.69, 9.17) is 4.74 Å². The summed E-state index contributed by atoms with van der Waals surface area (Å²) in [7, 11) is 0. The van der Waals surface area contributed by atoms with Crippen LogP contribution >= 0.6 is 0 Å². The smallest absolute Gasteiger partial charge is 0.0703 e. The molecule has 2 saturated heterocycles. The SMILES string of the molecule is CC1CCN(CC2CCCO2)C(C)(C)CN1. The van der Waals surface area contributed by atoms with E-state index in [2.05, 4.69) is 31.0 Å². The van der Waals surface area contributed by atoms with Gasteiger partial charge in [0, 0.05) is 37.8 Å². The second kappa shape index (κ2) is 5.03. The molecular weight excluding hydrogens is 200 g/mol. The first kappa shape index (κ1) is 12.3. The van der Waals surface area contributed by atoms with Crippen molar-refractivity contribution in [3.63, 3.8) is 0 Å². The summed E-state index contributed by atoms with van der Waals surface area (Å²) < 4.78 is 5.75. The minimum absolute atomic E-state index is 0.261. The Morgan fingerprint density at radius 1 is 1.38 bits per heavy atom. The summed E-state index contributed by atoms with van der Waals surface area (Å²) in [5, 5.41) is 3.61. The molecule has 0 saturated carbocycles. The molecule has 3 nitrogen and oxygen atoms in total. The van der Waals surface area contributed by atoms with Crippen molar-refractivity contribution in [2.45, 2.75) is 57.7 Å². The minimum Gasteiger partial charge on any atom is -0.377 e. The van der Waals surface area contributed by atoms with Crippen molar-refractivity contribution in [2.24, 2.45) is 0 Å². The molecule has 2 unspecified atom stereocenters. The van der Waals surface area contributed by atoms with Crippen LogP contribution in [-0.4, -0.2) is 48.8 Å². The lowest BCUT2D eigenvalue weighted by molar-refractivity contribution is 0.0369. The highest BCUT2D eigenvalue weighted by atomic mass is 16.5. The molecule has 0 aromatic rings. The van der Waals surface area contributed by atoms with Crippen molar-refractivity contribution < 1.29 is 4.74 Å². The molecule has 0 aromatic heterocycles. The van der Waals surface area contributed by atoms with E-state index in [0.717, 1.165) is 19.7 Å². The molecular formula is C13H26N2O. The zero-order valence-corrected chi connectivity index (χ0v) is 11.0. The lowest BCUT2D eigenvalue weighted by Crippen LogP contribution is -2.51. The second-order valence-electron chi connectivity index (χ2n) is 5.96. The third-order valence-electron chi connectivity index (χ3n) is 4.02. The standard InChI is InChI=1S/C13H26N2O/c1-11-6-7-15(13(2,3)10-14-11)9-12-5-4-8-16-12/h11-12,14H,4-10H2,1-3H3. The molecule has 94 valence electrons. The number of nitrogens with one attached hydrogen (secondary N) is 1. The van der Waals surface area contributed by atoms with Gasteiger partial charge in [-0.05, 0) is 40.0 Å². The van der Waals surface area contributed by atoms with Gasteiger partial charge in [-0.25, -0.2) is 0 Å². The molecule has 2 fully saturated rings. The van der Waals surface area contributed by atoms with E-state index in [0.29, 0.717) is 12.1 Å². The molecule has 0 spiro atoms. The zero-order chi connectivity index (χ0) is 11.6. The van der Waals surface area contributed by atoms with Gasteiger partial charge in [-0.1, -0.05) is 0 Å². The van der Waals surface area contributed by atoms with Crippen LogP contribution in [0.3, 0.4) is 0 Å². The van der Waals surface area contributed by atoms with E-state index in [1.165, 1.54) is 25.8 Å². The van der Waals surface area contributed by atoms with Gasteiger partial charge in [0.05, 0.1) is 6.10 Å². The average Bonchev–Trinajstić information content (AvgIpc) is 2.69. The van der Waals surface area contributed by atoms with Crippen LogP contribution in [-0.2, 0) is 4.74 Å². The summed E-state index contributed by atoms with van der Waals surface area (Å²) >= 11 is 0. The fourth-order valence-corrected chi connectivity index (χ4v) is 2.66. The Labute approximate surface area is 99.5 Å². The normalized spacial score (nSPS) is 36.2. The molecule has 0 aliphatic carbocycles. The Morgan fingerprint density at radius 2 is 2.19 bits per heavy atom. The monoisotopic (exact) mass is 226 g/mol. The van der Waals surface area contributed by atoms with Crippen LogP contribution in [0.2, 0.25) is 0 Å². The molecule has 2 rings (SSSR count). The van der Waals surface area contributed by atoms with Gasteiger partial charge in [-0.3, -0.25) is 4.90 Å². The maximum atomic E-state index is 5.75. The van der Waals surface area contributed by atoms with Gasteiger partial charge in [0.2, 0.25) is 0 Å². The Balaban J connectivity index is 1.93. The molecule has 0 radical (unpaired) electrons. The molecule has 16 heavy (non-hydrogen) atoms. The lowest BCUT2D eigenvalue weighted by atomic mass is 10.0. The molecule has 2 aliphatic rings. The van der Waals surface area contributed by atoms with Crippen LogP contribution in [0.5, 0.6) is 0 Å². The molecule has 0 amide bonds. The van der Waals surface area contributed by atoms with Crippen molar-refractivity contribution in [1.29, 1.82) is 0 Å². The van der Waals surface area contributed by atoms with Crippen molar-refractivity contribution in [3.8, 4) is 0 Å². The Kier molecular flexibility index (Phi) is 3.88. The third kappa shape index (κ3) is 2.96. The number of nitrogens with zero attached hydrogens (tertiary/aromatic N) is 1. The van der Waals surface area contributed by atoms with E-state index in [-0.39, 0.29) is 5.54 Å². The van der Waals surface area contributed by atoms with Gasteiger partial charge in [-0.2, -0.15) is 0 Å². The zero-order valence-electron chi connectivity index (χ0n) is 11.0. The van der Waals surface area contributed by atoms with Gasteiger partial charge in [0.15, 0.2) is 0 Å². The highest BCUT2D eigenvalue weighted by Gasteiger charge is 2.32. The fraction of sp³-hybridized carbons (Fsp3) is 1.00. The van der Waals surface area contributed by atoms with Gasteiger partial charge in [0.1, 0.15) is 0 Å². The van der Waals surface area contributed by atoms with E-state index < -0.39 is 0 Å². The molecule has 0 bridgehead atoms. The summed E-state index contributed by atoms with van der Waals surface area (Å²) in [4.78, 5) is 2.61. The first-order valence-corrected chi connectivity index (χ1v) is 6.68. The number of ether oxygens (including phenoxy) is 1. The molecule has 3 heteroatoms. The quantitative estimate of drug-likeness (QED) is 0.774. The van der Waals surface area contributed by atoms with E-state index in [1.807, 2.05) is 0 Å². The summed E-state index contributed by atoms with van der Waals surface area (Å²) in [6.07, 6.45) is 4.21. The number of rotatable bonds is 2. The van der Waals surface area contributed by atoms with Crippen LogP contribution < -0.4 is 5.32 Å². The molecule has 2 atom stereocenters. The maximum absolute atomic E-state index is 5.75. The Morgan fingerprint density at radius 3 is 2.88 bits per heavy atom. The third-order valence-corrected chi connectivity index (χ3v) is 4.02. The highest BCUT2D eigenvalue weighted by Crippen LogP contribution is 2.22. The maximum Gasteiger partial charge on any atom is 0.0703 e. The van der Waals surface area contributed by atoms with Gasteiger partial charge < -0.3 is 10.1 Å². The molecule has 1 N–H and O–H groups in total. The van der Waals surface area contributed by atoms with E-state index in [9.17, 15) is 0 Å². The van der Waals surface area contributed by atoms with Crippen molar-refractivity contribution in [2.75, 3.05) is 26.2 Å². The van der Waals surface area contributed by atoms with Crippen molar-refractivity contribution >= 4 is 0 Å². The first-order valence-electron chi connectivity index (χ1n) is 6.68. The largest absolute Gasteiger partial charge is 0.377 e. The second-order valence-corrected chi connectivity index (χ2v) is 5.96. The summed E-state index contributed by atoms with van der Waals surface area (Å²) in [5.41, 5.74) is 0.261. The summed E-state index contributed by atoms with van der Waals surface area (Å²) in [6, 6.07) is 0.647. The number of hydrogen-bond acceptors (Lipinski definition) is 3.